The fourth-order valence-electron chi connectivity index (χ4n) is 2.99. The van der Waals surface area contributed by atoms with Gasteiger partial charge in [-0.2, -0.15) is 0 Å². The summed E-state index contributed by atoms with van der Waals surface area (Å²) in [4.78, 5) is 11.9. The van der Waals surface area contributed by atoms with E-state index in [9.17, 15) is 0 Å². The lowest BCUT2D eigenvalue weighted by Gasteiger charge is -2.30. The van der Waals surface area contributed by atoms with E-state index in [0.29, 0.717) is 12.0 Å². The zero-order chi connectivity index (χ0) is 17.1. The highest BCUT2D eigenvalue weighted by Gasteiger charge is 2.19. The van der Waals surface area contributed by atoms with Crippen LogP contribution in [-0.4, -0.2) is 22.6 Å². The van der Waals surface area contributed by atoms with Gasteiger partial charge in [-0.15, -0.1) is 0 Å². The van der Waals surface area contributed by atoms with Gasteiger partial charge in [-0.3, -0.25) is 0 Å². The Labute approximate surface area is 145 Å². The molecule has 0 unspecified atom stereocenters. The Kier molecular flexibility index (Phi) is 5.03. The molecular weight excluding hydrogens is 296 g/mol. The van der Waals surface area contributed by atoms with Crippen LogP contribution >= 0.6 is 0 Å². The lowest BCUT2D eigenvalue weighted by Crippen LogP contribution is -2.31. The van der Waals surface area contributed by atoms with Gasteiger partial charge in [0.25, 0.3) is 0 Å². The first kappa shape index (κ1) is 16.7. The summed E-state index contributed by atoms with van der Waals surface area (Å²) in [7, 11) is 0. The maximum absolute atomic E-state index is 4.84. The molecule has 0 aliphatic carbocycles. The molecule has 3 rings (SSSR count). The minimum Gasteiger partial charge on any atom is -0.367 e. The highest BCUT2D eigenvalue weighted by atomic mass is 15.2. The van der Waals surface area contributed by atoms with Crippen LogP contribution in [0.1, 0.15) is 57.0 Å². The zero-order valence-electron chi connectivity index (χ0n) is 15.2. The molecule has 0 spiro atoms. The Morgan fingerprint density at radius 2 is 1.88 bits per heavy atom. The summed E-state index contributed by atoms with van der Waals surface area (Å²) >= 11 is 0. The van der Waals surface area contributed by atoms with Crippen LogP contribution in [0, 0.1) is 0 Å². The number of benzene rings is 1. The second kappa shape index (κ2) is 7.20. The monoisotopic (exact) mass is 324 g/mol. The van der Waals surface area contributed by atoms with E-state index < -0.39 is 0 Å². The van der Waals surface area contributed by atoms with Gasteiger partial charge in [0.05, 0.1) is 0 Å². The van der Waals surface area contributed by atoms with E-state index in [1.54, 1.807) is 0 Å². The van der Waals surface area contributed by atoms with Crippen molar-refractivity contribution in [2.45, 2.75) is 59.0 Å². The second-order valence-electron chi connectivity index (χ2n) is 7.02. The van der Waals surface area contributed by atoms with Crippen LogP contribution in [0.5, 0.6) is 0 Å². The first-order valence-electron chi connectivity index (χ1n) is 9.04. The van der Waals surface area contributed by atoms with Gasteiger partial charge in [-0.1, -0.05) is 45.0 Å². The number of anilines is 2. The van der Waals surface area contributed by atoms with Crippen molar-refractivity contribution in [3.63, 3.8) is 0 Å². The van der Waals surface area contributed by atoms with Crippen LogP contribution in [0.15, 0.2) is 30.3 Å². The number of rotatable bonds is 5. The molecule has 1 aliphatic heterocycles. The minimum atomic E-state index is 0.319. The number of nitrogens with one attached hydrogen (secondary N) is 1. The third kappa shape index (κ3) is 3.69. The van der Waals surface area contributed by atoms with Crippen molar-refractivity contribution in [1.82, 2.24) is 9.97 Å². The zero-order valence-corrected chi connectivity index (χ0v) is 15.2. The highest BCUT2D eigenvalue weighted by molar-refractivity contribution is 5.52. The van der Waals surface area contributed by atoms with E-state index in [1.807, 2.05) is 0 Å². The Morgan fingerprint density at radius 1 is 1.12 bits per heavy atom. The van der Waals surface area contributed by atoms with Gasteiger partial charge in [0.2, 0.25) is 0 Å². The molecule has 0 saturated carbocycles. The Balaban J connectivity index is 1.89. The van der Waals surface area contributed by atoms with E-state index in [-0.39, 0.29) is 0 Å². The Morgan fingerprint density at radius 3 is 2.58 bits per heavy atom. The van der Waals surface area contributed by atoms with Crippen molar-refractivity contribution in [1.29, 1.82) is 0 Å². The van der Waals surface area contributed by atoms with Crippen LogP contribution in [0.25, 0.3) is 0 Å². The van der Waals surface area contributed by atoms with Gasteiger partial charge < -0.3 is 10.2 Å². The van der Waals surface area contributed by atoms with E-state index in [1.165, 1.54) is 11.1 Å². The van der Waals surface area contributed by atoms with E-state index in [4.69, 9.17) is 9.97 Å². The molecule has 4 nitrogen and oxygen atoms in total. The number of hydrogen-bond acceptors (Lipinski definition) is 4. The lowest BCUT2D eigenvalue weighted by atomic mass is 10.00. The summed E-state index contributed by atoms with van der Waals surface area (Å²) in [5.74, 6) is 3.21. The molecule has 0 saturated heterocycles. The Bertz CT molecular complexity index is 696. The van der Waals surface area contributed by atoms with Gasteiger partial charge >= 0.3 is 0 Å². The molecule has 4 heteroatoms. The number of hydrogen-bond donors (Lipinski definition) is 1. The van der Waals surface area contributed by atoms with Gasteiger partial charge in [0.1, 0.15) is 17.5 Å². The largest absolute Gasteiger partial charge is 0.367 e. The fourth-order valence-corrected chi connectivity index (χ4v) is 2.99. The van der Waals surface area contributed by atoms with E-state index in [2.05, 4.69) is 68.2 Å². The predicted molar refractivity (Wildman–Crippen MR) is 101 cm³/mol. The van der Waals surface area contributed by atoms with Crippen molar-refractivity contribution in [3.8, 4) is 0 Å². The fraction of sp³-hybridized carbons (Fsp3) is 0.500. The standard InChI is InChI=1S/C20H28N4/c1-5-15(4)21-18-12-19(23-20(22-18)14(2)3)24-11-10-16-8-6-7-9-17(16)13-24/h6-9,12,14-15H,5,10-11,13H2,1-4H3,(H,21,22,23)/t15-/m1/s1. The van der Waals surface area contributed by atoms with Crippen molar-refractivity contribution in [2.75, 3.05) is 16.8 Å². The Hall–Kier alpha value is -2.10. The number of nitrogens with zero attached hydrogens (tertiary/aromatic N) is 3. The van der Waals surface area contributed by atoms with Gasteiger partial charge in [0.15, 0.2) is 0 Å². The molecule has 1 aromatic heterocycles. The average Bonchev–Trinajstić information content (AvgIpc) is 2.60. The van der Waals surface area contributed by atoms with Gasteiger partial charge in [0, 0.05) is 31.1 Å². The molecule has 24 heavy (non-hydrogen) atoms. The normalized spacial score (nSPS) is 15.3. The first-order chi connectivity index (χ1) is 11.6. The first-order valence-corrected chi connectivity index (χ1v) is 9.04. The molecule has 0 fully saturated rings. The summed E-state index contributed by atoms with van der Waals surface area (Å²) in [6.07, 6.45) is 2.15. The molecule has 1 atom stereocenters. The summed E-state index contributed by atoms with van der Waals surface area (Å²) in [5.41, 5.74) is 2.87. The summed E-state index contributed by atoms with van der Waals surface area (Å²) in [6, 6.07) is 11.2. The molecule has 0 bridgehead atoms. The molecule has 1 aliphatic rings. The molecule has 2 heterocycles. The van der Waals surface area contributed by atoms with Crippen LogP contribution < -0.4 is 10.2 Å². The number of fused-ring (bicyclic) bond motifs is 1. The molecule has 2 aromatic rings. The van der Waals surface area contributed by atoms with Gasteiger partial charge in [-0.25, -0.2) is 9.97 Å². The van der Waals surface area contributed by atoms with Gasteiger partial charge in [-0.05, 0) is 30.9 Å². The third-order valence-electron chi connectivity index (χ3n) is 4.71. The van der Waals surface area contributed by atoms with E-state index >= 15 is 0 Å². The predicted octanol–water partition coefficient (Wildman–Crippen LogP) is 4.37. The third-order valence-corrected chi connectivity index (χ3v) is 4.71. The van der Waals surface area contributed by atoms with Crippen molar-refractivity contribution in [3.05, 3.63) is 47.3 Å². The molecule has 1 aromatic carbocycles. The maximum Gasteiger partial charge on any atom is 0.135 e. The van der Waals surface area contributed by atoms with Crippen LogP contribution in [-0.2, 0) is 13.0 Å². The molecule has 0 radical (unpaired) electrons. The maximum atomic E-state index is 4.84. The summed E-state index contributed by atoms with van der Waals surface area (Å²) in [5, 5.41) is 3.51. The second-order valence-corrected chi connectivity index (χ2v) is 7.02. The van der Waals surface area contributed by atoms with Crippen molar-refractivity contribution in [2.24, 2.45) is 0 Å². The SMILES string of the molecule is CC[C@@H](C)Nc1cc(N2CCc3ccccc3C2)nc(C(C)C)n1. The average molecular weight is 324 g/mol. The molecule has 0 amide bonds. The van der Waals surface area contributed by atoms with Crippen molar-refractivity contribution < 1.29 is 0 Å². The van der Waals surface area contributed by atoms with Crippen molar-refractivity contribution >= 4 is 11.6 Å². The van der Waals surface area contributed by atoms with Crippen LogP contribution in [0.2, 0.25) is 0 Å². The van der Waals surface area contributed by atoms with Crippen LogP contribution in [0.4, 0.5) is 11.6 Å². The molecular formula is C20H28N4. The number of aromatic nitrogens is 2. The quantitative estimate of drug-likeness (QED) is 0.886. The summed E-state index contributed by atoms with van der Waals surface area (Å²) < 4.78 is 0. The van der Waals surface area contributed by atoms with Crippen LogP contribution in [0.3, 0.4) is 0 Å². The minimum absolute atomic E-state index is 0.319. The highest BCUT2D eigenvalue weighted by Crippen LogP contribution is 2.26. The van der Waals surface area contributed by atoms with E-state index in [0.717, 1.165) is 43.4 Å². The smallest absolute Gasteiger partial charge is 0.135 e. The summed E-state index contributed by atoms with van der Waals surface area (Å²) in [6.45, 7) is 10.6. The molecule has 128 valence electrons. The molecule has 1 N–H and O–H groups in total. The topological polar surface area (TPSA) is 41.0 Å². The lowest BCUT2D eigenvalue weighted by molar-refractivity contribution is 0.699.